The Morgan fingerprint density at radius 3 is 2.46 bits per heavy atom. The Morgan fingerprint density at radius 2 is 1.75 bits per heavy atom. The van der Waals surface area contributed by atoms with Gasteiger partial charge in [0, 0.05) is 24.1 Å². The van der Waals surface area contributed by atoms with E-state index in [0.717, 1.165) is 34.6 Å². The van der Waals surface area contributed by atoms with E-state index in [-0.39, 0.29) is 17.1 Å². The lowest BCUT2D eigenvalue weighted by Crippen LogP contribution is -2.39. The van der Waals surface area contributed by atoms with Gasteiger partial charge in [-0.05, 0) is 29.5 Å². The summed E-state index contributed by atoms with van der Waals surface area (Å²) in [5, 5.41) is 3.52. The molecule has 144 valence electrons. The smallest absolute Gasteiger partial charge is 0.227 e. The van der Waals surface area contributed by atoms with Gasteiger partial charge in [-0.25, -0.2) is 0 Å². The number of carbonyl (C=O) groups excluding carboxylic acids is 2. The summed E-state index contributed by atoms with van der Waals surface area (Å²) in [6, 6.07) is 17.3. The fourth-order valence-electron chi connectivity index (χ4n) is 4.38. The molecule has 1 aliphatic carbocycles. The minimum atomic E-state index is -0.414. The van der Waals surface area contributed by atoms with Crippen molar-refractivity contribution < 1.29 is 9.59 Å². The van der Waals surface area contributed by atoms with Crippen LogP contribution in [0.2, 0.25) is 0 Å². The molecule has 1 aliphatic heterocycles. The molecule has 4 heteroatoms. The molecule has 2 aromatic carbocycles. The number of anilines is 2. The monoisotopic (exact) mass is 374 g/mol. The van der Waals surface area contributed by atoms with Gasteiger partial charge in [-0.1, -0.05) is 63.2 Å². The minimum Gasteiger partial charge on any atom is -0.357 e. The number of allylic oxidation sites excluding steroid dienone is 1. The van der Waals surface area contributed by atoms with Crippen LogP contribution >= 0.6 is 0 Å². The van der Waals surface area contributed by atoms with E-state index in [0.29, 0.717) is 12.8 Å². The normalized spacial score (nSPS) is 20.8. The molecule has 1 unspecified atom stereocenters. The van der Waals surface area contributed by atoms with Gasteiger partial charge < -0.3 is 5.32 Å². The van der Waals surface area contributed by atoms with Crippen LogP contribution in [0.15, 0.2) is 65.9 Å². The second kappa shape index (κ2) is 6.93. The fourth-order valence-corrected chi connectivity index (χ4v) is 4.38. The van der Waals surface area contributed by atoms with Crippen LogP contribution < -0.4 is 10.2 Å². The van der Waals surface area contributed by atoms with Gasteiger partial charge in [0.15, 0.2) is 5.78 Å². The third-order valence-electron chi connectivity index (χ3n) is 5.59. The molecule has 1 atom stereocenters. The molecular formula is C24H26N2O2. The Morgan fingerprint density at radius 1 is 1.07 bits per heavy atom. The predicted octanol–water partition coefficient (Wildman–Crippen LogP) is 5.24. The van der Waals surface area contributed by atoms with Crippen molar-refractivity contribution in [2.75, 3.05) is 10.2 Å². The molecule has 1 N–H and O–H groups in total. The summed E-state index contributed by atoms with van der Waals surface area (Å²) in [6.07, 6.45) is 1.64. The zero-order valence-corrected chi connectivity index (χ0v) is 16.7. The van der Waals surface area contributed by atoms with Crippen molar-refractivity contribution in [3.8, 4) is 0 Å². The van der Waals surface area contributed by atoms with E-state index >= 15 is 0 Å². The van der Waals surface area contributed by atoms with Crippen molar-refractivity contribution in [1.82, 2.24) is 0 Å². The van der Waals surface area contributed by atoms with Crippen molar-refractivity contribution in [2.24, 2.45) is 5.41 Å². The Hall–Kier alpha value is -2.88. The number of hydrogen-bond donors (Lipinski definition) is 1. The number of ketones is 1. The molecule has 0 spiro atoms. The van der Waals surface area contributed by atoms with E-state index in [1.165, 1.54) is 0 Å². The van der Waals surface area contributed by atoms with Gasteiger partial charge in [-0.2, -0.15) is 0 Å². The molecule has 1 amide bonds. The van der Waals surface area contributed by atoms with Gasteiger partial charge >= 0.3 is 0 Å². The van der Waals surface area contributed by atoms with Gasteiger partial charge in [-0.3, -0.25) is 14.5 Å². The maximum absolute atomic E-state index is 13.4. The molecule has 4 nitrogen and oxygen atoms in total. The van der Waals surface area contributed by atoms with Crippen molar-refractivity contribution in [1.29, 1.82) is 0 Å². The highest BCUT2D eigenvalue weighted by molar-refractivity contribution is 6.06. The van der Waals surface area contributed by atoms with Crippen molar-refractivity contribution in [2.45, 2.75) is 46.1 Å². The molecule has 1 heterocycles. The first kappa shape index (κ1) is 18.5. The maximum Gasteiger partial charge on any atom is 0.227 e. The highest BCUT2D eigenvalue weighted by atomic mass is 16.2. The van der Waals surface area contributed by atoms with E-state index in [1.54, 1.807) is 0 Å². The summed E-state index contributed by atoms with van der Waals surface area (Å²) in [5.74, 6) is 0.129. The summed E-state index contributed by atoms with van der Waals surface area (Å²) >= 11 is 0. The molecule has 2 aromatic rings. The second-order valence-corrected chi connectivity index (χ2v) is 8.41. The van der Waals surface area contributed by atoms with Crippen LogP contribution in [0.5, 0.6) is 0 Å². The Kier molecular flexibility index (Phi) is 4.58. The van der Waals surface area contributed by atoms with Crippen molar-refractivity contribution >= 4 is 23.1 Å². The number of Topliss-reactive ketones (excluding diaryl/α,β-unsaturated/α-hetero) is 1. The van der Waals surface area contributed by atoms with Crippen LogP contribution in [-0.2, 0) is 9.59 Å². The molecule has 0 radical (unpaired) electrons. The molecule has 0 saturated heterocycles. The number of nitrogens with zero attached hydrogens (tertiary/aromatic N) is 1. The first-order valence-electron chi connectivity index (χ1n) is 9.90. The topological polar surface area (TPSA) is 49.4 Å². The number of carbonyl (C=O) groups is 2. The number of nitrogens with one attached hydrogen (secondary N) is 1. The van der Waals surface area contributed by atoms with Crippen LogP contribution in [0.4, 0.5) is 11.4 Å². The molecule has 4 rings (SSSR count). The Bertz CT molecular complexity index is 960. The first-order chi connectivity index (χ1) is 13.4. The van der Waals surface area contributed by atoms with E-state index in [1.807, 2.05) is 66.4 Å². The lowest BCUT2D eigenvalue weighted by atomic mass is 9.73. The summed E-state index contributed by atoms with van der Waals surface area (Å²) in [4.78, 5) is 28.3. The SMILES string of the molecule is CCC(=O)N1c2ccccc2NC2=C(C(=O)CC(C)(C)C2)C1c1ccccc1. The number of benzene rings is 2. The number of rotatable bonds is 2. The zero-order chi connectivity index (χ0) is 19.9. The first-order valence-corrected chi connectivity index (χ1v) is 9.90. The van der Waals surface area contributed by atoms with Crippen molar-refractivity contribution in [3.05, 3.63) is 71.4 Å². The largest absolute Gasteiger partial charge is 0.357 e. The van der Waals surface area contributed by atoms with Crippen LogP contribution in [0.1, 0.15) is 51.6 Å². The average molecular weight is 374 g/mol. The van der Waals surface area contributed by atoms with Crippen LogP contribution in [-0.4, -0.2) is 11.7 Å². The fraction of sp³-hybridized carbons (Fsp3) is 0.333. The Labute approximate surface area is 166 Å². The number of hydrogen-bond acceptors (Lipinski definition) is 3. The number of fused-ring (bicyclic) bond motifs is 1. The van der Waals surface area contributed by atoms with E-state index < -0.39 is 6.04 Å². The third kappa shape index (κ3) is 3.13. The predicted molar refractivity (Wildman–Crippen MR) is 112 cm³/mol. The number of amides is 1. The van der Waals surface area contributed by atoms with Gasteiger partial charge in [0.1, 0.15) is 0 Å². The second-order valence-electron chi connectivity index (χ2n) is 8.41. The zero-order valence-electron chi connectivity index (χ0n) is 16.7. The molecule has 0 bridgehead atoms. The third-order valence-corrected chi connectivity index (χ3v) is 5.59. The lowest BCUT2D eigenvalue weighted by molar-refractivity contribution is -0.119. The molecule has 0 saturated carbocycles. The minimum absolute atomic E-state index is 0.00878. The van der Waals surface area contributed by atoms with Crippen LogP contribution in [0, 0.1) is 5.41 Å². The molecule has 28 heavy (non-hydrogen) atoms. The quantitative estimate of drug-likeness (QED) is 0.782. The van der Waals surface area contributed by atoms with Gasteiger partial charge in [0.05, 0.1) is 17.4 Å². The lowest BCUT2D eigenvalue weighted by Gasteiger charge is -2.37. The highest BCUT2D eigenvalue weighted by Gasteiger charge is 2.42. The summed E-state index contributed by atoms with van der Waals surface area (Å²) < 4.78 is 0. The standard InChI is InChI=1S/C24H26N2O2/c1-4-21(28)26-19-13-9-8-12-17(19)25-18-14-24(2,3)15-20(27)22(18)23(26)16-10-6-5-7-11-16/h5-13,23,25H,4,14-15H2,1-3H3. The summed E-state index contributed by atoms with van der Waals surface area (Å²) in [7, 11) is 0. The number of para-hydroxylation sites is 2. The van der Waals surface area contributed by atoms with Gasteiger partial charge in [0.2, 0.25) is 5.91 Å². The molecule has 0 fully saturated rings. The van der Waals surface area contributed by atoms with Gasteiger partial charge in [-0.15, -0.1) is 0 Å². The summed E-state index contributed by atoms with van der Waals surface area (Å²) in [5.41, 5.74) is 4.22. The van der Waals surface area contributed by atoms with Gasteiger partial charge in [0.25, 0.3) is 0 Å². The molecule has 0 aromatic heterocycles. The van der Waals surface area contributed by atoms with E-state index in [4.69, 9.17) is 0 Å². The van der Waals surface area contributed by atoms with Crippen LogP contribution in [0.25, 0.3) is 0 Å². The Balaban J connectivity index is 2.01. The van der Waals surface area contributed by atoms with E-state index in [2.05, 4.69) is 19.2 Å². The molecular weight excluding hydrogens is 348 g/mol. The van der Waals surface area contributed by atoms with Crippen LogP contribution in [0.3, 0.4) is 0 Å². The average Bonchev–Trinajstić information content (AvgIpc) is 2.81. The summed E-state index contributed by atoms with van der Waals surface area (Å²) in [6.45, 7) is 6.12. The maximum atomic E-state index is 13.4. The van der Waals surface area contributed by atoms with Crippen molar-refractivity contribution in [3.63, 3.8) is 0 Å². The highest BCUT2D eigenvalue weighted by Crippen LogP contribution is 2.48. The van der Waals surface area contributed by atoms with E-state index in [9.17, 15) is 9.59 Å². The molecule has 2 aliphatic rings.